The van der Waals surface area contributed by atoms with Gasteiger partial charge in [0.2, 0.25) is 0 Å². The van der Waals surface area contributed by atoms with E-state index in [1.807, 2.05) is 13.0 Å². The maximum atomic E-state index is 5.78. The second-order valence-electron chi connectivity index (χ2n) is 6.16. The van der Waals surface area contributed by atoms with Gasteiger partial charge in [-0.05, 0) is 37.4 Å². The van der Waals surface area contributed by atoms with E-state index in [-0.39, 0.29) is 0 Å². The van der Waals surface area contributed by atoms with E-state index in [1.165, 1.54) is 29.2 Å². The number of rotatable bonds is 6. The van der Waals surface area contributed by atoms with Gasteiger partial charge in [0.25, 0.3) is 0 Å². The van der Waals surface area contributed by atoms with Crippen LogP contribution in [0.25, 0.3) is 0 Å². The number of hydrogen-bond donors (Lipinski definition) is 1. The standard InChI is InChI=1S/C20H26N2OS/c1-3-23-20-7-5-4-6-19(20)22-14-12-21(13-15-22)16-17-8-10-18(24-2)11-9-17/h4-11H,3,12-16H2,1-2H3/p+1. The summed E-state index contributed by atoms with van der Waals surface area (Å²) in [6, 6.07) is 17.4. The van der Waals surface area contributed by atoms with Crippen molar-refractivity contribution in [2.75, 3.05) is 43.9 Å². The summed E-state index contributed by atoms with van der Waals surface area (Å²) >= 11 is 1.80. The molecule has 0 aromatic heterocycles. The van der Waals surface area contributed by atoms with E-state index in [2.05, 4.69) is 53.6 Å². The average Bonchev–Trinajstić information content (AvgIpc) is 2.64. The van der Waals surface area contributed by atoms with Crippen molar-refractivity contribution in [3.05, 3.63) is 54.1 Å². The van der Waals surface area contributed by atoms with Crippen LogP contribution in [0.5, 0.6) is 5.75 Å². The van der Waals surface area contributed by atoms with Crippen molar-refractivity contribution in [3.8, 4) is 5.75 Å². The molecule has 1 N–H and O–H groups in total. The molecule has 3 nitrogen and oxygen atoms in total. The van der Waals surface area contributed by atoms with Crippen molar-refractivity contribution in [3.63, 3.8) is 0 Å². The lowest BCUT2D eigenvalue weighted by atomic mass is 10.2. The van der Waals surface area contributed by atoms with E-state index >= 15 is 0 Å². The first kappa shape index (κ1) is 17.2. The van der Waals surface area contributed by atoms with E-state index in [4.69, 9.17) is 4.74 Å². The Morgan fingerprint density at radius 1 is 1.04 bits per heavy atom. The van der Waals surface area contributed by atoms with Crippen molar-refractivity contribution < 1.29 is 9.64 Å². The Morgan fingerprint density at radius 3 is 2.42 bits per heavy atom. The number of hydrogen-bond acceptors (Lipinski definition) is 3. The van der Waals surface area contributed by atoms with E-state index < -0.39 is 0 Å². The molecule has 1 fully saturated rings. The molecular weight excluding hydrogens is 316 g/mol. The molecule has 2 aromatic rings. The first-order chi connectivity index (χ1) is 11.8. The molecule has 1 saturated heterocycles. The Balaban J connectivity index is 1.57. The van der Waals surface area contributed by atoms with Gasteiger partial charge in [-0.2, -0.15) is 0 Å². The highest BCUT2D eigenvalue weighted by molar-refractivity contribution is 7.98. The van der Waals surface area contributed by atoms with E-state index in [9.17, 15) is 0 Å². The summed E-state index contributed by atoms with van der Waals surface area (Å²) in [4.78, 5) is 5.47. The van der Waals surface area contributed by atoms with Crippen LogP contribution in [0.4, 0.5) is 5.69 Å². The summed E-state index contributed by atoms with van der Waals surface area (Å²) in [6.07, 6.45) is 2.12. The fraction of sp³-hybridized carbons (Fsp3) is 0.400. The molecule has 4 heteroatoms. The first-order valence-corrected chi connectivity index (χ1v) is 9.96. The highest BCUT2D eigenvalue weighted by Gasteiger charge is 2.22. The van der Waals surface area contributed by atoms with Gasteiger partial charge in [0.15, 0.2) is 0 Å². The molecule has 0 radical (unpaired) electrons. The van der Waals surface area contributed by atoms with Crippen LogP contribution >= 0.6 is 11.8 Å². The smallest absolute Gasteiger partial charge is 0.142 e. The molecule has 0 spiro atoms. The maximum absolute atomic E-state index is 5.78. The quantitative estimate of drug-likeness (QED) is 0.813. The molecule has 1 heterocycles. The minimum atomic E-state index is 0.717. The van der Waals surface area contributed by atoms with Gasteiger partial charge >= 0.3 is 0 Å². The Kier molecular flexibility index (Phi) is 6.05. The number of para-hydroxylation sites is 2. The van der Waals surface area contributed by atoms with E-state index in [1.54, 1.807) is 16.7 Å². The average molecular weight is 344 g/mol. The zero-order chi connectivity index (χ0) is 16.8. The molecule has 0 aliphatic carbocycles. The number of piperazine rings is 1. The summed E-state index contributed by atoms with van der Waals surface area (Å²) in [6.45, 7) is 8.39. The van der Waals surface area contributed by atoms with Crippen LogP contribution in [-0.2, 0) is 6.54 Å². The van der Waals surface area contributed by atoms with Gasteiger partial charge < -0.3 is 14.5 Å². The molecule has 24 heavy (non-hydrogen) atoms. The number of anilines is 1. The van der Waals surface area contributed by atoms with E-state index in [0.29, 0.717) is 6.61 Å². The van der Waals surface area contributed by atoms with Gasteiger partial charge in [-0.3, -0.25) is 0 Å². The number of ether oxygens (including phenoxy) is 1. The molecular formula is C20H27N2OS+. The molecule has 2 aromatic carbocycles. The molecule has 128 valence electrons. The van der Waals surface area contributed by atoms with Crippen molar-refractivity contribution in [2.45, 2.75) is 18.4 Å². The van der Waals surface area contributed by atoms with Crippen molar-refractivity contribution in [2.24, 2.45) is 0 Å². The largest absolute Gasteiger partial charge is 0.492 e. The predicted octanol–water partition coefficient (Wildman–Crippen LogP) is 2.71. The third-order valence-electron chi connectivity index (χ3n) is 4.59. The molecule has 0 saturated carbocycles. The summed E-state index contributed by atoms with van der Waals surface area (Å²) in [5, 5.41) is 0. The number of quaternary nitrogens is 1. The highest BCUT2D eigenvalue weighted by atomic mass is 32.2. The van der Waals surface area contributed by atoms with E-state index in [0.717, 1.165) is 25.4 Å². The summed E-state index contributed by atoms with van der Waals surface area (Å²) in [5.41, 5.74) is 2.67. The molecule has 0 unspecified atom stereocenters. The second kappa shape index (κ2) is 8.45. The lowest BCUT2D eigenvalue weighted by Gasteiger charge is -2.34. The highest BCUT2D eigenvalue weighted by Crippen LogP contribution is 2.27. The fourth-order valence-electron chi connectivity index (χ4n) is 3.27. The van der Waals surface area contributed by atoms with Gasteiger partial charge in [-0.15, -0.1) is 11.8 Å². The minimum Gasteiger partial charge on any atom is -0.492 e. The third kappa shape index (κ3) is 4.25. The van der Waals surface area contributed by atoms with Crippen LogP contribution in [0.3, 0.4) is 0 Å². The molecule has 3 rings (SSSR count). The van der Waals surface area contributed by atoms with Crippen LogP contribution < -0.4 is 14.5 Å². The van der Waals surface area contributed by atoms with Gasteiger partial charge in [-0.25, -0.2) is 0 Å². The van der Waals surface area contributed by atoms with Gasteiger partial charge in [0.1, 0.15) is 12.3 Å². The van der Waals surface area contributed by atoms with Crippen molar-refractivity contribution >= 4 is 17.4 Å². The number of nitrogens with zero attached hydrogens (tertiary/aromatic N) is 1. The second-order valence-corrected chi connectivity index (χ2v) is 7.04. The van der Waals surface area contributed by atoms with Crippen LogP contribution in [0.2, 0.25) is 0 Å². The van der Waals surface area contributed by atoms with Crippen LogP contribution in [0.15, 0.2) is 53.4 Å². The molecule has 1 aliphatic rings. The predicted molar refractivity (Wildman–Crippen MR) is 102 cm³/mol. The minimum absolute atomic E-state index is 0.717. The van der Waals surface area contributed by atoms with Crippen LogP contribution in [0.1, 0.15) is 12.5 Å². The topological polar surface area (TPSA) is 16.9 Å². The maximum Gasteiger partial charge on any atom is 0.142 e. The Hall–Kier alpha value is -1.65. The number of nitrogens with one attached hydrogen (secondary N) is 1. The zero-order valence-corrected chi connectivity index (χ0v) is 15.4. The third-order valence-corrected chi connectivity index (χ3v) is 5.33. The van der Waals surface area contributed by atoms with Gasteiger partial charge in [-0.1, -0.05) is 24.3 Å². The zero-order valence-electron chi connectivity index (χ0n) is 14.6. The first-order valence-electron chi connectivity index (χ1n) is 8.73. The normalized spacial score (nSPS) is 15.5. The summed E-state index contributed by atoms with van der Waals surface area (Å²) in [7, 11) is 0. The summed E-state index contributed by atoms with van der Waals surface area (Å²) in [5.74, 6) is 1.01. The van der Waals surface area contributed by atoms with Crippen LogP contribution in [-0.4, -0.2) is 39.0 Å². The van der Waals surface area contributed by atoms with Crippen molar-refractivity contribution in [1.82, 2.24) is 0 Å². The lowest BCUT2D eigenvalue weighted by Crippen LogP contribution is -3.13. The molecule has 0 amide bonds. The fourth-order valence-corrected chi connectivity index (χ4v) is 3.68. The molecule has 0 atom stereocenters. The SMILES string of the molecule is CCOc1ccccc1N1CC[NH+](Cc2ccc(SC)cc2)CC1. The van der Waals surface area contributed by atoms with Gasteiger partial charge in [0, 0.05) is 10.5 Å². The lowest BCUT2D eigenvalue weighted by molar-refractivity contribution is -0.914. The van der Waals surface area contributed by atoms with Crippen molar-refractivity contribution in [1.29, 1.82) is 0 Å². The Labute approximate surface area is 149 Å². The monoisotopic (exact) mass is 343 g/mol. The Bertz CT molecular complexity index is 636. The molecule has 0 bridgehead atoms. The number of thioether (sulfide) groups is 1. The summed E-state index contributed by atoms with van der Waals surface area (Å²) < 4.78 is 5.78. The number of benzene rings is 2. The van der Waals surface area contributed by atoms with Gasteiger partial charge in [0.05, 0.1) is 38.5 Å². The molecule has 1 aliphatic heterocycles. The Morgan fingerprint density at radius 2 is 1.75 bits per heavy atom. The van der Waals surface area contributed by atoms with Crippen LogP contribution in [0, 0.1) is 0 Å².